The molecule has 636 valence electrons. The minimum Gasteiger partial charge on any atom is -0.473 e. The number of aromatic amines is 1. The highest BCUT2D eigenvalue weighted by molar-refractivity contribution is 9.10. The van der Waals surface area contributed by atoms with E-state index >= 15 is 8.78 Å². The summed E-state index contributed by atoms with van der Waals surface area (Å²) in [6, 6.07) is 55.1. The minimum absolute atomic E-state index is 0.0353. The molecule has 0 radical (unpaired) electrons. The fourth-order valence-corrected chi connectivity index (χ4v) is 17.2. The van der Waals surface area contributed by atoms with E-state index in [2.05, 4.69) is 25.9 Å². The van der Waals surface area contributed by atoms with Crippen LogP contribution in [-0.4, -0.2) is 184 Å². The van der Waals surface area contributed by atoms with Gasteiger partial charge in [0, 0.05) is 156 Å². The number of aliphatic hydroxyl groups is 3. The van der Waals surface area contributed by atoms with Crippen molar-refractivity contribution in [3.8, 4) is 73.7 Å². The fraction of sp³-hybridized carbons (Fsp3) is 0.374. The van der Waals surface area contributed by atoms with Crippen LogP contribution in [-0.2, 0) is 65.4 Å². The van der Waals surface area contributed by atoms with Gasteiger partial charge in [-0.15, -0.1) is 0 Å². The molecule has 6 fully saturated rings. The number of halogens is 4. The molecule has 11 atom stereocenters. The predicted octanol–water partition coefficient (Wildman–Crippen LogP) is 16.3. The molecule has 6 aromatic carbocycles. The van der Waals surface area contributed by atoms with E-state index in [4.69, 9.17) is 57.2 Å². The lowest BCUT2D eigenvalue weighted by Crippen LogP contribution is -2.41. The van der Waals surface area contributed by atoms with E-state index in [-0.39, 0.29) is 86.0 Å². The molecule has 6 saturated heterocycles. The van der Waals surface area contributed by atoms with E-state index in [1.54, 1.807) is 24.8 Å². The second kappa shape index (κ2) is 38.5. The van der Waals surface area contributed by atoms with Gasteiger partial charge < -0.3 is 67.5 Å². The first kappa shape index (κ1) is 87.1. The number of rotatable bonds is 20. The number of pyridine rings is 3. The van der Waals surface area contributed by atoms with Gasteiger partial charge in [-0.1, -0.05) is 113 Å². The van der Waals surface area contributed by atoms with Crippen molar-refractivity contribution in [1.29, 1.82) is 0 Å². The van der Waals surface area contributed by atoms with Crippen LogP contribution in [0.15, 0.2) is 201 Å². The quantitative estimate of drug-likeness (QED) is 0.0516. The summed E-state index contributed by atoms with van der Waals surface area (Å²) in [5.74, 6) is 0.369. The Kier molecular flexibility index (Phi) is 27.7. The van der Waals surface area contributed by atoms with Gasteiger partial charge in [0.25, 0.3) is 0 Å². The van der Waals surface area contributed by atoms with Gasteiger partial charge in [-0.05, 0) is 142 Å². The highest BCUT2D eigenvalue weighted by atomic mass is 79.9. The number of hydrogen-bond acceptors (Lipinski definition) is 19. The van der Waals surface area contributed by atoms with Gasteiger partial charge in [0.2, 0.25) is 0 Å². The maximum Gasteiger partial charge on any atom is 0.494 e. The molecule has 18 rings (SSSR count). The average Bonchev–Trinajstić information content (AvgIpc) is 1.63. The van der Waals surface area contributed by atoms with Crippen molar-refractivity contribution in [2.45, 2.75) is 160 Å². The zero-order valence-corrected chi connectivity index (χ0v) is 72.2. The summed E-state index contributed by atoms with van der Waals surface area (Å²) in [4.78, 5) is 19.4. The van der Waals surface area contributed by atoms with E-state index in [0.29, 0.717) is 120 Å². The molecule has 0 amide bonds. The second-order valence-corrected chi connectivity index (χ2v) is 36.8. The lowest BCUT2D eigenvalue weighted by Gasteiger charge is -2.32. The van der Waals surface area contributed by atoms with Crippen LogP contribution in [0.1, 0.15) is 97.9 Å². The van der Waals surface area contributed by atoms with Crippen molar-refractivity contribution in [3.05, 3.63) is 204 Å². The molecule has 0 bridgehead atoms. The van der Waals surface area contributed by atoms with Gasteiger partial charge in [0.05, 0.1) is 102 Å². The van der Waals surface area contributed by atoms with Crippen LogP contribution in [0.3, 0.4) is 0 Å². The Morgan fingerprint density at radius 2 is 0.802 bits per heavy atom. The largest absolute Gasteiger partial charge is 0.494 e. The first-order valence-electron chi connectivity index (χ1n) is 40.5. The first-order valence-corrected chi connectivity index (χ1v) is 46.0. The Bertz CT molecular complexity index is 5650. The van der Waals surface area contributed by atoms with Gasteiger partial charge >= 0.3 is 7.12 Å². The minimum atomic E-state index is -1.03. The Balaban J connectivity index is 0.000000134. The Labute approximate surface area is 716 Å². The van der Waals surface area contributed by atoms with Crippen molar-refractivity contribution in [1.82, 2.24) is 29.1 Å². The molecule has 0 saturated carbocycles. The maximum absolute atomic E-state index is 15.6. The van der Waals surface area contributed by atoms with Crippen LogP contribution < -0.4 is 19.7 Å². The van der Waals surface area contributed by atoms with Crippen LogP contribution in [0.5, 0.6) is 17.6 Å². The van der Waals surface area contributed by atoms with Crippen LogP contribution in [0, 0.1) is 17.5 Å². The number of aromatic nitrogens is 6. The number of nitrogens with zero attached hydrogens (tertiary/aromatic N) is 5. The molecule has 12 heterocycles. The third-order valence-corrected chi connectivity index (χ3v) is 26.1. The van der Waals surface area contributed by atoms with Gasteiger partial charge in [-0.3, -0.25) is 21.8 Å². The van der Waals surface area contributed by atoms with Gasteiger partial charge in [0.15, 0.2) is 35.1 Å². The van der Waals surface area contributed by atoms with Crippen molar-refractivity contribution >= 4 is 94.0 Å². The van der Waals surface area contributed by atoms with E-state index in [9.17, 15) is 32.3 Å². The molecule has 6 aliphatic heterocycles. The third-order valence-electron chi connectivity index (χ3n) is 22.7. The van der Waals surface area contributed by atoms with Crippen LogP contribution >= 0.6 is 15.9 Å². The van der Waals surface area contributed by atoms with Crippen LogP contribution in [0.25, 0.3) is 89.1 Å². The summed E-state index contributed by atoms with van der Waals surface area (Å²) >= 11 is 3.30. The molecular formula is C91H97BBrF3N6O16S3. The molecule has 12 aromatic rings. The molecule has 5 unspecified atom stereocenters. The Hall–Kier alpha value is -8.83. The summed E-state index contributed by atoms with van der Waals surface area (Å²) in [7, 11) is -3.39. The van der Waals surface area contributed by atoms with Gasteiger partial charge in [-0.2, -0.15) is 0 Å². The number of H-pyrrole nitrogens is 1. The zero-order chi connectivity index (χ0) is 84.8. The summed E-state index contributed by atoms with van der Waals surface area (Å²) < 4.78 is 145. The Morgan fingerprint density at radius 3 is 1.17 bits per heavy atom. The fourth-order valence-electron chi connectivity index (χ4n) is 15.4. The van der Waals surface area contributed by atoms with Crippen molar-refractivity contribution in [2.24, 2.45) is 0 Å². The van der Waals surface area contributed by atoms with Gasteiger partial charge in [-0.25, -0.2) is 28.1 Å². The number of fused-ring (bicyclic) bond motifs is 3. The maximum atomic E-state index is 15.6. The number of hydrogen-bond donors (Lipinski definition) is 4. The van der Waals surface area contributed by atoms with Crippen molar-refractivity contribution in [3.63, 3.8) is 0 Å². The highest BCUT2D eigenvalue weighted by Gasteiger charge is 2.52. The molecule has 22 nitrogen and oxygen atoms in total. The van der Waals surface area contributed by atoms with Crippen LogP contribution in [0.2, 0.25) is 0 Å². The molecule has 4 N–H and O–H groups in total. The highest BCUT2D eigenvalue weighted by Crippen LogP contribution is 2.42. The van der Waals surface area contributed by atoms with E-state index < -0.39 is 68.2 Å². The first-order chi connectivity index (χ1) is 58.3. The summed E-state index contributed by atoms with van der Waals surface area (Å²) in [5.41, 5.74) is 10.4. The van der Waals surface area contributed by atoms with Crippen molar-refractivity contribution in [2.75, 3.05) is 71.6 Å². The van der Waals surface area contributed by atoms with E-state index in [0.717, 1.165) is 85.4 Å². The van der Waals surface area contributed by atoms with Crippen molar-refractivity contribution < 1.29 is 88.3 Å². The molecule has 0 spiro atoms. The predicted molar refractivity (Wildman–Crippen MR) is 465 cm³/mol. The normalized spacial score (nSPS) is 22.0. The molecule has 6 aliphatic rings. The van der Waals surface area contributed by atoms with Crippen LogP contribution in [0.4, 0.5) is 13.2 Å². The lowest BCUT2D eigenvalue weighted by molar-refractivity contribution is -0.0351. The second-order valence-electron chi connectivity index (χ2n) is 31.7. The third kappa shape index (κ3) is 20.4. The van der Waals surface area contributed by atoms with E-state index in [1.807, 2.05) is 195 Å². The summed E-state index contributed by atoms with van der Waals surface area (Å²) in [6.45, 7) is 10.4. The number of nitrogens with one attached hydrogen (secondary N) is 1. The molecule has 0 aliphatic carbocycles. The number of benzene rings is 6. The van der Waals surface area contributed by atoms with E-state index in [1.165, 1.54) is 18.2 Å². The smallest absolute Gasteiger partial charge is 0.473 e. The molecule has 121 heavy (non-hydrogen) atoms. The average molecular weight is 1770 g/mol. The Morgan fingerprint density at radius 1 is 0.455 bits per heavy atom. The monoisotopic (exact) mass is 1770 g/mol. The topological polar surface area (TPSA) is 269 Å². The lowest BCUT2D eigenvalue weighted by atomic mass is 9.79. The standard InChI is InChI=1S/C30H31FN2O5S.C29H36BFN2O6.C25H23FN2O4S.C7H7BrOS/c1-39(35)24-11-9-20(10-12-24)19-5-7-21(8-6-19)30-25(31)15-27-26(32-30)16-29(33(27)28-4-2-3-13-36-28)38-23-14-22(17-34)37-18-23;1-28(2)29(3,4)39-30(38-28)19-10-8-18(9-11-19)27-22(31)14-24-23(32-27)15-26(33(24)25-7-5-6-12-35-25)37-21-13-20(16-34)36-17-21;1-33(30)20-8-6-16(7-9-20)15-2-4-17(5-3-15)25-21(26)11-22-23(28-25)12-24(27-22)32-19-10-18(13-29)31-14-19;1-10(9)7-4-2-6(8)3-5-7/h5-12,15-16,22-23,28,34H,2-4,13-14,17-18H2,1H3;8-11,14-15,20-21,25,34H,5-7,12-13,16-17H2,1-4H3;2-9,11-12,18-19,27,29H,10,13-14H2,1H3;2-5H,1H3/t22-,23-,28?,39?;20-,21-,25?;18-,19-,33?;/m000./s1. The molecule has 30 heteroatoms. The SMILES string of the molecule is CC1(C)OB(c2ccc(-c3nc4cc(O[C@@H]5CO[C@H](CO)C5)n(C5CCCCO5)c4cc3F)cc2)OC1(C)C.CS(=O)c1ccc(-c2ccc(-c3nc4cc(O[C@@H]5CO[C@H](CO)C5)[nH]c4cc3F)cc2)cc1.CS(=O)c1ccc(-c2ccc(-c3nc4cc(O[C@@H]5CO[C@H](CO)C5)n(C5CCCCO5)c4cc3F)cc2)cc1.CS(=O)c1ccc(Br)cc1. The number of ether oxygens (including phenoxy) is 8. The zero-order valence-electron chi connectivity index (χ0n) is 68.2. The molecular weight excluding hydrogens is 1680 g/mol. The summed E-state index contributed by atoms with van der Waals surface area (Å²) in [5, 5.41) is 28.1. The summed E-state index contributed by atoms with van der Waals surface area (Å²) in [6.07, 6.45) is 10.6. The molecule has 6 aromatic heterocycles. The number of aliphatic hydroxyl groups excluding tert-OH is 3. The van der Waals surface area contributed by atoms with Gasteiger partial charge in [0.1, 0.15) is 47.8 Å².